The number of nitrogens with one attached hydrogen (secondary N) is 1. The van der Waals surface area contributed by atoms with Crippen molar-refractivity contribution in [1.29, 1.82) is 0 Å². The van der Waals surface area contributed by atoms with Crippen molar-refractivity contribution in [2.45, 2.75) is 58.4 Å². The van der Waals surface area contributed by atoms with E-state index in [1.807, 2.05) is 23.1 Å². The van der Waals surface area contributed by atoms with Gasteiger partial charge in [0.05, 0.1) is 6.04 Å². The lowest BCUT2D eigenvalue weighted by Gasteiger charge is -2.34. The predicted octanol–water partition coefficient (Wildman–Crippen LogP) is 8.25. The molecule has 0 aliphatic rings. The standard InChI is InChI=1S/C32H40N2O/c1-3-5-10-19-28(25-27-17-11-7-12-18-27)26-34(32(35)33-24-6-4-2)31(29-20-13-8-14-21-29)30-22-15-9-16-23-30/h7-9,11-18,20-23,25,31H,3-6,10,19,24,26H2,1-2H3,(H,33,35)/b28-25+. The predicted molar refractivity (Wildman–Crippen MR) is 148 cm³/mol. The molecule has 0 aliphatic carbocycles. The van der Waals surface area contributed by atoms with Crippen molar-refractivity contribution in [3.8, 4) is 0 Å². The molecule has 35 heavy (non-hydrogen) atoms. The van der Waals surface area contributed by atoms with Crippen LogP contribution in [0.1, 0.15) is 75.1 Å². The second-order valence-electron chi connectivity index (χ2n) is 9.11. The molecule has 0 saturated heterocycles. The molecule has 0 heterocycles. The fraction of sp³-hybridized carbons (Fsp3) is 0.344. The second-order valence-corrected chi connectivity index (χ2v) is 9.11. The number of benzene rings is 3. The highest BCUT2D eigenvalue weighted by Crippen LogP contribution is 2.30. The van der Waals surface area contributed by atoms with E-state index < -0.39 is 0 Å². The molecular weight excluding hydrogens is 428 g/mol. The Morgan fingerprint density at radius 1 is 0.771 bits per heavy atom. The largest absolute Gasteiger partial charge is 0.338 e. The molecule has 0 atom stereocenters. The summed E-state index contributed by atoms with van der Waals surface area (Å²) in [5, 5.41) is 3.20. The molecule has 0 aromatic heterocycles. The molecule has 0 spiro atoms. The monoisotopic (exact) mass is 468 g/mol. The number of urea groups is 1. The Bertz CT molecular complexity index is 976. The lowest BCUT2D eigenvalue weighted by atomic mass is 9.95. The highest BCUT2D eigenvalue weighted by Gasteiger charge is 2.27. The maximum atomic E-state index is 13.7. The van der Waals surface area contributed by atoms with Gasteiger partial charge in [-0.3, -0.25) is 0 Å². The minimum absolute atomic E-state index is 0.00870. The Balaban J connectivity index is 2.01. The zero-order chi connectivity index (χ0) is 24.7. The van der Waals surface area contributed by atoms with Crippen LogP contribution in [0.3, 0.4) is 0 Å². The third kappa shape index (κ3) is 8.43. The fourth-order valence-electron chi connectivity index (χ4n) is 4.38. The minimum atomic E-state index is -0.163. The molecule has 3 aromatic carbocycles. The molecule has 0 saturated carbocycles. The van der Waals surface area contributed by atoms with Crippen LogP contribution in [0, 0.1) is 0 Å². The van der Waals surface area contributed by atoms with Crippen molar-refractivity contribution in [3.05, 3.63) is 113 Å². The van der Waals surface area contributed by atoms with E-state index in [1.165, 1.54) is 24.0 Å². The van der Waals surface area contributed by atoms with E-state index in [9.17, 15) is 4.79 Å². The maximum absolute atomic E-state index is 13.7. The lowest BCUT2D eigenvalue weighted by Crippen LogP contribution is -2.44. The minimum Gasteiger partial charge on any atom is -0.338 e. The summed E-state index contributed by atoms with van der Waals surface area (Å²) < 4.78 is 0. The smallest absolute Gasteiger partial charge is 0.318 e. The second kappa shape index (κ2) is 14.8. The molecule has 3 rings (SSSR count). The van der Waals surface area contributed by atoms with E-state index in [4.69, 9.17) is 0 Å². The van der Waals surface area contributed by atoms with Gasteiger partial charge < -0.3 is 10.2 Å². The fourth-order valence-corrected chi connectivity index (χ4v) is 4.38. The van der Waals surface area contributed by atoms with Gasteiger partial charge in [0.2, 0.25) is 0 Å². The molecule has 3 aromatic rings. The molecule has 0 unspecified atom stereocenters. The summed E-state index contributed by atoms with van der Waals surface area (Å²) in [4.78, 5) is 15.7. The first kappa shape index (κ1) is 26.3. The number of carbonyl (C=O) groups excluding carboxylic acids is 1. The highest BCUT2D eigenvalue weighted by molar-refractivity contribution is 5.76. The quantitative estimate of drug-likeness (QED) is 0.252. The van der Waals surface area contributed by atoms with E-state index in [1.54, 1.807) is 0 Å². The first-order valence-electron chi connectivity index (χ1n) is 13.1. The molecule has 0 fully saturated rings. The van der Waals surface area contributed by atoms with Gasteiger partial charge in [-0.05, 0) is 36.0 Å². The zero-order valence-corrected chi connectivity index (χ0v) is 21.3. The number of amides is 2. The number of hydrogen-bond acceptors (Lipinski definition) is 1. The average Bonchev–Trinajstić information content (AvgIpc) is 2.90. The summed E-state index contributed by atoms with van der Waals surface area (Å²) in [6.45, 7) is 5.66. The van der Waals surface area contributed by atoms with Crippen LogP contribution in [0.2, 0.25) is 0 Å². The van der Waals surface area contributed by atoms with Gasteiger partial charge in [0, 0.05) is 13.1 Å². The summed E-state index contributed by atoms with van der Waals surface area (Å²) in [5.41, 5.74) is 4.71. The van der Waals surface area contributed by atoms with Crippen LogP contribution >= 0.6 is 0 Å². The van der Waals surface area contributed by atoms with Crippen molar-refractivity contribution >= 4 is 12.1 Å². The lowest BCUT2D eigenvalue weighted by molar-refractivity contribution is 0.189. The van der Waals surface area contributed by atoms with Crippen LogP contribution < -0.4 is 5.32 Å². The molecule has 0 aliphatic heterocycles. The van der Waals surface area contributed by atoms with Gasteiger partial charge in [0.25, 0.3) is 0 Å². The summed E-state index contributed by atoms with van der Waals surface area (Å²) in [7, 11) is 0. The number of hydrogen-bond donors (Lipinski definition) is 1. The van der Waals surface area contributed by atoms with Crippen molar-refractivity contribution in [3.63, 3.8) is 0 Å². The van der Waals surface area contributed by atoms with E-state index in [2.05, 4.69) is 98.0 Å². The summed E-state index contributed by atoms with van der Waals surface area (Å²) in [5.74, 6) is 0. The molecule has 2 amide bonds. The van der Waals surface area contributed by atoms with Crippen LogP contribution in [0.25, 0.3) is 6.08 Å². The van der Waals surface area contributed by atoms with Crippen LogP contribution in [0.5, 0.6) is 0 Å². The summed E-state index contributed by atoms with van der Waals surface area (Å²) in [6.07, 6.45) is 8.78. The number of unbranched alkanes of at least 4 members (excludes halogenated alkanes) is 3. The number of carbonyl (C=O) groups is 1. The van der Waals surface area contributed by atoms with Crippen LogP contribution in [0.15, 0.2) is 96.6 Å². The molecule has 3 heteroatoms. The van der Waals surface area contributed by atoms with Gasteiger partial charge in [0.1, 0.15) is 0 Å². The SMILES string of the molecule is CCCCC/C(=C\c1ccccc1)CN(C(=O)NCCCC)C(c1ccccc1)c1ccccc1. The topological polar surface area (TPSA) is 32.3 Å². The van der Waals surface area contributed by atoms with Crippen molar-refractivity contribution in [2.75, 3.05) is 13.1 Å². The first-order valence-corrected chi connectivity index (χ1v) is 13.1. The molecule has 184 valence electrons. The number of rotatable bonds is 13. The van der Waals surface area contributed by atoms with Gasteiger partial charge in [0.15, 0.2) is 0 Å². The Morgan fingerprint density at radius 2 is 1.31 bits per heavy atom. The third-order valence-electron chi connectivity index (χ3n) is 6.25. The molecule has 1 N–H and O–H groups in total. The van der Waals surface area contributed by atoms with Gasteiger partial charge in [-0.15, -0.1) is 0 Å². The van der Waals surface area contributed by atoms with Crippen molar-refractivity contribution in [1.82, 2.24) is 10.2 Å². The molecule has 0 bridgehead atoms. The van der Waals surface area contributed by atoms with E-state index >= 15 is 0 Å². The molecular formula is C32H40N2O. The Kier molecular flexibility index (Phi) is 11.1. The number of nitrogens with zero attached hydrogens (tertiary/aromatic N) is 1. The molecule has 3 nitrogen and oxygen atoms in total. The van der Waals surface area contributed by atoms with Crippen LogP contribution in [-0.4, -0.2) is 24.0 Å². The zero-order valence-electron chi connectivity index (χ0n) is 21.3. The third-order valence-corrected chi connectivity index (χ3v) is 6.25. The van der Waals surface area contributed by atoms with E-state index in [0.717, 1.165) is 36.8 Å². The van der Waals surface area contributed by atoms with Crippen molar-refractivity contribution < 1.29 is 4.79 Å². The van der Waals surface area contributed by atoms with Crippen LogP contribution in [-0.2, 0) is 0 Å². The van der Waals surface area contributed by atoms with Gasteiger partial charge in [-0.1, -0.05) is 136 Å². The van der Waals surface area contributed by atoms with Gasteiger partial charge >= 0.3 is 6.03 Å². The summed E-state index contributed by atoms with van der Waals surface area (Å²) >= 11 is 0. The van der Waals surface area contributed by atoms with Crippen molar-refractivity contribution in [2.24, 2.45) is 0 Å². The Labute approximate surface area is 211 Å². The Hall–Kier alpha value is -3.33. The van der Waals surface area contributed by atoms with Crippen LogP contribution in [0.4, 0.5) is 4.79 Å². The Morgan fingerprint density at radius 3 is 1.86 bits per heavy atom. The van der Waals surface area contributed by atoms with E-state index in [0.29, 0.717) is 13.1 Å². The van der Waals surface area contributed by atoms with Gasteiger partial charge in [-0.2, -0.15) is 0 Å². The maximum Gasteiger partial charge on any atom is 0.318 e. The summed E-state index contributed by atoms with van der Waals surface area (Å²) in [6, 6.07) is 31.1. The normalized spacial score (nSPS) is 11.5. The highest BCUT2D eigenvalue weighted by atomic mass is 16.2. The van der Waals surface area contributed by atoms with Gasteiger partial charge in [-0.25, -0.2) is 4.79 Å². The van der Waals surface area contributed by atoms with E-state index in [-0.39, 0.29) is 12.1 Å². The molecule has 0 radical (unpaired) electrons. The first-order chi connectivity index (χ1) is 17.2. The average molecular weight is 469 g/mol.